The number of halogens is 1. The first kappa shape index (κ1) is 24.3. The molecule has 1 N–H and O–H groups in total. The van der Waals surface area contributed by atoms with Gasteiger partial charge in [-0.15, -0.1) is 0 Å². The van der Waals surface area contributed by atoms with Crippen LogP contribution in [0.25, 0.3) is 0 Å². The van der Waals surface area contributed by atoms with E-state index in [1.54, 1.807) is 49.6 Å². The molecule has 0 aromatic heterocycles. The maximum atomic E-state index is 14.1. The van der Waals surface area contributed by atoms with Gasteiger partial charge in [-0.1, -0.05) is 37.3 Å². The highest BCUT2D eigenvalue weighted by Gasteiger charge is 2.20. The van der Waals surface area contributed by atoms with Crippen molar-refractivity contribution in [2.45, 2.75) is 25.9 Å². The van der Waals surface area contributed by atoms with E-state index in [1.165, 1.54) is 6.07 Å². The Hall–Kier alpha value is -3.39. The summed E-state index contributed by atoms with van der Waals surface area (Å²) in [6, 6.07) is 19.6. The van der Waals surface area contributed by atoms with Crippen molar-refractivity contribution in [1.29, 1.82) is 0 Å². The number of carbonyl (C=O) groups excluding carboxylic acids is 1. The molecule has 174 valence electrons. The normalized spacial score (nSPS) is 12.1. The second-order valence-corrected chi connectivity index (χ2v) is 9.52. The Kier molecular flexibility index (Phi) is 7.71. The van der Waals surface area contributed by atoms with E-state index in [0.29, 0.717) is 17.7 Å². The fourth-order valence-electron chi connectivity index (χ4n) is 3.46. The zero-order valence-corrected chi connectivity index (χ0v) is 19.6. The van der Waals surface area contributed by atoms with Gasteiger partial charge in [0.1, 0.15) is 11.6 Å². The molecule has 6 nitrogen and oxygen atoms in total. The van der Waals surface area contributed by atoms with Crippen molar-refractivity contribution in [1.82, 2.24) is 5.32 Å². The standard InChI is InChI=1S/C25H27FN2O4S/c1-4-24(18-11-15-22(32-2)16-12-18)27-25(29)19-9-13-21(14-10-19)28(33(3,30)31)17-20-7-5-6-8-23(20)26/h5-16,24H,4,17H2,1-3H3,(H,27,29). The summed E-state index contributed by atoms with van der Waals surface area (Å²) in [4.78, 5) is 12.8. The number of sulfonamides is 1. The minimum absolute atomic E-state index is 0.146. The van der Waals surface area contributed by atoms with Crippen molar-refractivity contribution >= 4 is 21.6 Å². The number of anilines is 1. The van der Waals surface area contributed by atoms with Gasteiger partial charge in [-0.05, 0) is 54.4 Å². The van der Waals surface area contributed by atoms with Crippen molar-refractivity contribution in [2.24, 2.45) is 0 Å². The third-order valence-corrected chi connectivity index (χ3v) is 6.46. The largest absolute Gasteiger partial charge is 0.497 e. The highest BCUT2D eigenvalue weighted by molar-refractivity contribution is 7.92. The van der Waals surface area contributed by atoms with E-state index in [-0.39, 0.29) is 24.1 Å². The topological polar surface area (TPSA) is 75.7 Å². The highest BCUT2D eigenvalue weighted by atomic mass is 32.2. The van der Waals surface area contributed by atoms with Gasteiger partial charge in [0.2, 0.25) is 10.0 Å². The fraction of sp³-hybridized carbons (Fsp3) is 0.240. The molecule has 0 aliphatic heterocycles. The lowest BCUT2D eigenvalue weighted by atomic mass is 10.0. The van der Waals surface area contributed by atoms with E-state index in [1.807, 2.05) is 31.2 Å². The van der Waals surface area contributed by atoms with Crippen LogP contribution in [0.4, 0.5) is 10.1 Å². The van der Waals surface area contributed by atoms with Crippen LogP contribution < -0.4 is 14.4 Å². The van der Waals surface area contributed by atoms with Crippen molar-refractivity contribution in [3.8, 4) is 5.75 Å². The van der Waals surface area contributed by atoms with Gasteiger partial charge >= 0.3 is 0 Å². The zero-order chi connectivity index (χ0) is 24.0. The summed E-state index contributed by atoms with van der Waals surface area (Å²) in [5.74, 6) is -0.0168. The van der Waals surface area contributed by atoms with Gasteiger partial charge in [0.15, 0.2) is 0 Å². The number of benzene rings is 3. The van der Waals surface area contributed by atoms with Crippen molar-refractivity contribution < 1.29 is 22.3 Å². The van der Waals surface area contributed by atoms with Gasteiger partial charge in [0.25, 0.3) is 5.91 Å². The Bertz CT molecular complexity index is 1200. The number of nitrogens with zero attached hydrogens (tertiary/aromatic N) is 1. The van der Waals surface area contributed by atoms with Crippen molar-refractivity contribution in [3.63, 3.8) is 0 Å². The van der Waals surface area contributed by atoms with Crippen LogP contribution >= 0.6 is 0 Å². The summed E-state index contributed by atoms with van der Waals surface area (Å²) >= 11 is 0. The molecule has 33 heavy (non-hydrogen) atoms. The molecule has 0 saturated heterocycles. The number of carbonyl (C=O) groups is 1. The predicted molar refractivity (Wildman–Crippen MR) is 127 cm³/mol. The first-order valence-electron chi connectivity index (χ1n) is 10.5. The minimum Gasteiger partial charge on any atom is -0.497 e. The molecule has 0 aliphatic carbocycles. The molecular formula is C25H27FN2O4S. The second kappa shape index (κ2) is 10.5. The summed E-state index contributed by atoms with van der Waals surface area (Å²) in [7, 11) is -2.08. The van der Waals surface area contributed by atoms with Gasteiger partial charge in [-0.25, -0.2) is 12.8 Å². The van der Waals surface area contributed by atoms with Crippen molar-refractivity contribution in [3.05, 3.63) is 95.3 Å². The lowest BCUT2D eigenvalue weighted by molar-refractivity contribution is 0.0935. The monoisotopic (exact) mass is 470 g/mol. The molecule has 0 bridgehead atoms. The summed E-state index contributed by atoms with van der Waals surface area (Å²) in [5.41, 5.74) is 1.95. The Labute approximate surface area is 194 Å². The minimum atomic E-state index is -3.67. The molecule has 0 heterocycles. The SMILES string of the molecule is CCC(NC(=O)c1ccc(N(Cc2ccccc2F)S(C)(=O)=O)cc1)c1ccc(OC)cc1. The van der Waals surface area contributed by atoms with Gasteiger partial charge in [0.05, 0.1) is 31.6 Å². The van der Waals surface area contributed by atoms with Crippen LogP contribution in [-0.2, 0) is 16.6 Å². The lowest BCUT2D eigenvalue weighted by Gasteiger charge is -2.23. The summed E-state index contributed by atoms with van der Waals surface area (Å²) in [6.45, 7) is 1.83. The molecular weight excluding hydrogens is 443 g/mol. The molecule has 1 atom stereocenters. The first-order chi connectivity index (χ1) is 15.7. The molecule has 0 fully saturated rings. The number of rotatable bonds is 9. The van der Waals surface area contributed by atoms with Crippen LogP contribution in [-0.4, -0.2) is 27.7 Å². The summed E-state index contributed by atoms with van der Waals surface area (Å²) < 4.78 is 45.1. The van der Waals surface area contributed by atoms with Gasteiger partial charge in [-0.3, -0.25) is 9.10 Å². The Morgan fingerprint density at radius 2 is 1.67 bits per heavy atom. The molecule has 0 spiro atoms. The maximum Gasteiger partial charge on any atom is 0.251 e. The smallest absolute Gasteiger partial charge is 0.251 e. The molecule has 0 radical (unpaired) electrons. The van der Waals surface area contributed by atoms with Crippen LogP contribution in [0.5, 0.6) is 5.75 Å². The molecule has 1 amide bonds. The van der Waals surface area contributed by atoms with Crippen LogP contribution in [0, 0.1) is 5.82 Å². The molecule has 3 rings (SSSR count). The number of hydrogen-bond donors (Lipinski definition) is 1. The van der Waals surface area contributed by atoms with Crippen LogP contribution in [0.15, 0.2) is 72.8 Å². The van der Waals surface area contributed by atoms with E-state index < -0.39 is 15.8 Å². The Morgan fingerprint density at radius 1 is 1.03 bits per heavy atom. The average Bonchev–Trinajstić information content (AvgIpc) is 2.81. The van der Waals surface area contributed by atoms with Crippen molar-refractivity contribution in [2.75, 3.05) is 17.7 Å². The number of amides is 1. The third-order valence-electron chi connectivity index (χ3n) is 5.32. The fourth-order valence-corrected chi connectivity index (χ4v) is 4.34. The van der Waals surface area contributed by atoms with E-state index in [0.717, 1.165) is 21.9 Å². The van der Waals surface area contributed by atoms with Crippen LogP contribution in [0.1, 0.15) is 40.9 Å². The first-order valence-corrected chi connectivity index (χ1v) is 12.3. The molecule has 3 aromatic rings. The highest BCUT2D eigenvalue weighted by Crippen LogP contribution is 2.24. The summed E-state index contributed by atoms with van der Waals surface area (Å²) in [6.07, 6.45) is 1.76. The third kappa shape index (κ3) is 6.10. The quantitative estimate of drug-likeness (QED) is 0.493. The average molecular weight is 471 g/mol. The van der Waals surface area contributed by atoms with Gasteiger partial charge in [-0.2, -0.15) is 0 Å². The Balaban J connectivity index is 1.77. The summed E-state index contributed by atoms with van der Waals surface area (Å²) in [5, 5.41) is 3.00. The number of hydrogen-bond acceptors (Lipinski definition) is 4. The van der Waals surface area contributed by atoms with E-state index in [2.05, 4.69) is 5.32 Å². The van der Waals surface area contributed by atoms with E-state index in [4.69, 9.17) is 4.74 Å². The van der Waals surface area contributed by atoms with Crippen LogP contribution in [0.2, 0.25) is 0 Å². The van der Waals surface area contributed by atoms with E-state index in [9.17, 15) is 17.6 Å². The number of ether oxygens (including phenoxy) is 1. The Morgan fingerprint density at radius 3 is 2.21 bits per heavy atom. The molecule has 3 aromatic carbocycles. The number of nitrogens with one attached hydrogen (secondary N) is 1. The molecule has 0 saturated carbocycles. The number of methoxy groups -OCH3 is 1. The molecule has 1 unspecified atom stereocenters. The zero-order valence-electron chi connectivity index (χ0n) is 18.8. The second-order valence-electron chi connectivity index (χ2n) is 7.62. The molecule has 0 aliphatic rings. The lowest BCUT2D eigenvalue weighted by Crippen LogP contribution is -2.30. The van der Waals surface area contributed by atoms with Gasteiger partial charge in [0, 0.05) is 11.1 Å². The van der Waals surface area contributed by atoms with Gasteiger partial charge < -0.3 is 10.1 Å². The molecule has 8 heteroatoms. The van der Waals surface area contributed by atoms with Crippen LogP contribution in [0.3, 0.4) is 0 Å². The maximum absolute atomic E-state index is 14.1. The predicted octanol–water partition coefficient (Wildman–Crippen LogP) is 4.68. The van der Waals surface area contributed by atoms with E-state index >= 15 is 0 Å².